The topological polar surface area (TPSA) is 31.6 Å². The van der Waals surface area contributed by atoms with Crippen LogP contribution in [0.15, 0.2) is 79.1 Å². The van der Waals surface area contributed by atoms with Gasteiger partial charge in [-0.15, -0.1) is 0 Å². The van der Waals surface area contributed by atoms with Crippen LogP contribution in [-0.2, 0) is 0 Å². The van der Waals surface area contributed by atoms with E-state index < -0.39 is 11.6 Å². The quantitative estimate of drug-likeness (QED) is 0.390. The van der Waals surface area contributed by atoms with Gasteiger partial charge in [0.15, 0.2) is 11.6 Å². The van der Waals surface area contributed by atoms with E-state index in [-0.39, 0.29) is 5.92 Å². The van der Waals surface area contributed by atoms with Crippen LogP contribution >= 0.6 is 0 Å². The average molecular weight is 358 g/mol. The SMILES string of the molecule is Fc1ccc(C(c2c[nH]c3ccccc23)c2c[nH]c3ccccc23)cc1F. The number of benzene rings is 3. The molecule has 0 fully saturated rings. The highest BCUT2D eigenvalue weighted by Gasteiger charge is 2.24. The molecule has 0 unspecified atom stereocenters. The van der Waals surface area contributed by atoms with Gasteiger partial charge in [0.1, 0.15) is 0 Å². The maximum absolute atomic E-state index is 14.1. The molecule has 0 aliphatic rings. The van der Waals surface area contributed by atoms with Crippen molar-refractivity contribution in [2.24, 2.45) is 0 Å². The molecule has 0 aliphatic heterocycles. The maximum atomic E-state index is 14.1. The van der Waals surface area contributed by atoms with E-state index in [0.717, 1.165) is 32.9 Å². The number of aromatic nitrogens is 2. The lowest BCUT2D eigenvalue weighted by molar-refractivity contribution is 0.507. The van der Waals surface area contributed by atoms with Gasteiger partial charge in [0.2, 0.25) is 0 Å². The van der Waals surface area contributed by atoms with Gasteiger partial charge in [0.05, 0.1) is 0 Å². The molecule has 2 aromatic heterocycles. The van der Waals surface area contributed by atoms with Crippen LogP contribution < -0.4 is 0 Å². The summed E-state index contributed by atoms with van der Waals surface area (Å²) in [6.07, 6.45) is 3.91. The molecule has 2 heterocycles. The largest absolute Gasteiger partial charge is 0.361 e. The first-order valence-electron chi connectivity index (χ1n) is 8.79. The van der Waals surface area contributed by atoms with Crippen molar-refractivity contribution in [2.45, 2.75) is 5.92 Å². The molecule has 5 rings (SSSR count). The molecule has 0 amide bonds. The number of nitrogens with one attached hydrogen (secondary N) is 2. The van der Waals surface area contributed by atoms with E-state index in [4.69, 9.17) is 0 Å². The summed E-state index contributed by atoms with van der Waals surface area (Å²) in [6.45, 7) is 0. The zero-order valence-electron chi connectivity index (χ0n) is 14.3. The molecule has 5 aromatic rings. The molecule has 0 radical (unpaired) electrons. The third-order valence-electron chi connectivity index (χ3n) is 5.14. The third kappa shape index (κ3) is 2.53. The number of hydrogen-bond acceptors (Lipinski definition) is 0. The van der Waals surface area contributed by atoms with Crippen LogP contribution in [0.4, 0.5) is 8.78 Å². The van der Waals surface area contributed by atoms with Crippen molar-refractivity contribution in [1.82, 2.24) is 9.97 Å². The normalized spacial score (nSPS) is 11.7. The standard InChI is InChI=1S/C23H16F2N2/c24-19-10-9-14(11-20(19)25)23(17-12-26-21-7-3-1-5-15(17)21)18-13-27-22-8-4-2-6-16(18)22/h1-13,23,26-27H. The first-order chi connectivity index (χ1) is 13.2. The van der Waals surface area contributed by atoms with E-state index in [1.807, 2.05) is 60.9 Å². The van der Waals surface area contributed by atoms with Gasteiger partial charge in [-0.1, -0.05) is 42.5 Å². The molecule has 132 valence electrons. The van der Waals surface area contributed by atoms with Crippen molar-refractivity contribution in [1.29, 1.82) is 0 Å². The highest BCUT2D eigenvalue weighted by Crippen LogP contribution is 2.39. The number of rotatable bonds is 3. The molecular formula is C23H16F2N2. The second-order valence-electron chi connectivity index (χ2n) is 6.69. The Balaban J connectivity index is 1.81. The predicted octanol–water partition coefficient (Wildman–Crippen LogP) is 6.11. The number of hydrogen-bond donors (Lipinski definition) is 2. The van der Waals surface area contributed by atoms with E-state index in [0.29, 0.717) is 5.56 Å². The Labute approximate surface area is 154 Å². The van der Waals surface area contributed by atoms with E-state index in [9.17, 15) is 8.78 Å². The summed E-state index contributed by atoms with van der Waals surface area (Å²) in [6, 6.07) is 20.2. The van der Waals surface area contributed by atoms with Crippen molar-refractivity contribution in [3.8, 4) is 0 Å². The molecule has 2 nitrogen and oxygen atoms in total. The summed E-state index contributed by atoms with van der Waals surface area (Å²) < 4.78 is 27.6. The zero-order chi connectivity index (χ0) is 18.4. The van der Waals surface area contributed by atoms with Gasteiger partial charge in [0, 0.05) is 40.1 Å². The molecule has 0 atom stereocenters. The van der Waals surface area contributed by atoms with Crippen LogP contribution in [0.25, 0.3) is 21.8 Å². The van der Waals surface area contributed by atoms with Crippen molar-refractivity contribution in [2.75, 3.05) is 0 Å². The van der Waals surface area contributed by atoms with Gasteiger partial charge in [-0.2, -0.15) is 0 Å². The number of aromatic amines is 2. The maximum Gasteiger partial charge on any atom is 0.159 e. The fourth-order valence-corrected chi connectivity index (χ4v) is 3.88. The van der Waals surface area contributed by atoms with E-state index >= 15 is 0 Å². The minimum Gasteiger partial charge on any atom is -0.361 e. The smallest absolute Gasteiger partial charge is 0.159 e. The van der Waals surface area contributed by atoms with Crippen LogP contribution in [0.1, 0.15) is 22.6 Å². The van der Waals surface area contributed by atoms with Gasteiger partial charge in [0.25, 0.3) is 0 Å². The second-order valence-corrected chi connectivity index (χ2v) is 6.69. The van der Waals surface area contributed by atoms with Crippen molar-refractivity contribution in [3.05, 3.63) is 107 Å². The number of fused-ring (bicyclic) bond motifs is 2. The van der Waals surface area contributed by atoms with Crippen LogP contribution in [0, 0.1) is 11.6 Å². The van der Waals surface area contributed by atoms with Crippen LogP contribution in [0.2, 0.25) is 0 Å². The molecule has 0 bridgehead atoms. The van der Waals surface area contributed by atoms with Crippen LogP contribution in [0.3, 0.4) is 0 Å². The van der Waals surface area contributed by atoms with Crippen LogP contribution in [0.5, 0.6) is 0 Å². The average Bonchev–Trinajstić information content (AvgIpc) is 3.30. The Morgan fingerprint density at radius 2 is 1.19 bits per heavy atom. The lowest BCUT2D eigenvalue weighted by Gasteiger charge is -2.17. The molecule has 0 saturated heterocycles. The van der Waals surface area contributed by atoms with Gasteiger partial charge >= 0.3 is 0 Å². The zero-order valence-corrected chi connectivity index (χ0v) is 14.3. The lowest BCUT2D eigenvalue weighted by Crippen LogP contribution is -2.03. The Hall–Kier alpha value is -3.40. The summed E-state index contributed by atoms with van der Waals surface area (Å²) in [5, 5.41) is 2.13. The Kier molecular flexibility index (Phi) is 3.57. The minimum atomic E-state index is -0.838. The van der Waals surface area contributed by atoms with Gasteiger partial charge in [-0.3, -0.25) is 0 Å². The fourth-order valence-electron chi connectivity index (χ4n) is 3.88. The molecule has 0 saturated carbocycles. The molecule has 4 heteroatoms. The van der Waals surface area contributed by atoms with E-state index in [1.54, 1.807) is 6.07 Å². The Morgan fingerprint density at radius 1 is 0.630 bits per heavy atom. The van der Waals surface area contributed by atoms with Crippen LogP contribution in [-0.4, -0.2) is 9.97 Å². The van der Waals surface area contributed by atoms with Crippen molar-refractivity contribution in [3.63, 3.8) is 0 Å². The lowest BCUT2D eigenvalue weighted by atomic mass is 9.84. The highest BCUT2D eigenvalue weighted by molar-refractivity contribution is 5.89. The summed E-state index contributed by atoms with van der Waals surface area (Å²) in [5.74, 6) is -1.90. The molecule has 0 aliphatic carbocycles. The summed E-state index contributed by atoms with van der Waals surface area (Å²) >= 11 is 0. The first-order valence-corrected chi connectivity index (χ1v) is 8.79. The number of para-hydroxylation sites is 2. The van der Waals surface area contributed by atoms with Gasteiger partial charge in [-0.05, 0) is 41.0 Å². The van der Waals surface area contributed by atoms with E-state index in [1.165, 1.54) is 12.1 Å². The molecule has 3 aromatic carbocycles. The Morgan fingerprint density at radius 3 is 1.74 bits per heavy atom. The van der Waals surface area contributed by atoms with Gasteiger partial charge < -0.3 is 9.97 Å². The van der Waals surface area contributed by atoms with Crippen molar-refractivity contribution < 1.29 is 8.78 Å². The first kappa shape index (κ1) is 15.8. The molecule has 27 heavy (non-hydrogen) atoms. The molecular weight excluding hydrogens is 342 g/mol. The monoisotopic (exact) mass is 358 g/mol. The summed E-state index contributed by atoms with van der Waals surface area (Å²) in [7, 11) is 0. The van der Waals surface area contributed by atoms with Gasteiger partial charge in [-0.25, -0.2) is 8.78 Å². The summed E-state index contributed by atoms with van der Waals surface area (Å²) in [5.41, 5.74) is 4.80. The Bertz CT molecular complexity index is 1190. The highest BCUT2D eigenvalue weighted by atomic mass is 19.2. The number of H-pyrrole nitrogens is 2. The predicted molar refractivity (Wildman–Crippen MR) is 104 cm³/mol. The van der Waals surface area contributed by atoms with E-state index in [2.05, 4.69) is 9.97 Å². The second kappa shape index (κ2) is 6.09. The summed E-state index contributed by atoms with van der Waals surface area (Å²) in [4.78, 5) is 6.59. The molecule has 2 N–H and O–H groups in total. The fraction of sp³-hybridized carbons (Fsp3) is 0.0435. The molecule has 0 spiro atoms. The minimum absolute atomic E-state index is 0.229. The van der Waals surface area contributed by atoms with Crippen molar-refractivity contribution >= 4 is 21.8 Å². The number of halogens is 2. The third-order valence-corrected chi connectivity index (χ3v) is 5.14.